The molecule has 0 aromatic heterocycles. The molecule has 26 heavy (non-hydrogen) atoms. The normalized spacial score (nSPS) is 28.3. The maximum Gasteiger partial charge on any atom is 0.255 e. The number of amides is 2. The molecule has 1 saturated carbocycles. The number of nitrogens with zero attached hydrogens (tertiary/aromatic N) is 1. The predicted molar refractivity (Wildman–Crippen MR) is 92.8 cm³/mol. The van der Waals surface area contributed by atoms with Crippen molar-refractivity contribution in [2.24, 2.45) is 5.73 Å². The monoisotopic (exact) mass is 359 g/mol. The van der Waals surface area contributed by atoms with E-state index >= 15 is 0 Å². The lowest BCUT2D eigenvalue weighted by molar-refractivity contribution is -0.126. The fourth-order valence-corrected chi connectivity index (χ4v) is 4.00. The van der Waals surface area contributed by atoms with Crippen molar-refractivity contribution < 1.29 is 18.7 Å². The number of carbonyl (C=O) groups excluding carboxylic acids is 2. The Bertz CT molecular complexity index is 794. The summed E-state index contributed by atoms with van der Waals surface area (Å²) in [6.45, 7) is 4.02. The molecule has 0 bridgehead atoms. The SMILES string of the molecule is C=C1CCC(N2Cc3cc(O[C@H]4CCC[C@@H]4N)c(F)cc3C2=O)C(=O)N1. The molecule has 1 unspecified atom stereocenters. The molecule has 3 N–H and O–H groups in total. The third-order valence-electron chi connectivity index (χ3n) is 5.47. The van der Waals surface area contributed by atoms with Crippen molar-refractivity contribution in [3.05, 3.63) is 41.4 Å². The zero-order valence-electron chi connectivity index (χ0n) is 14.5. The van der Waals surface area contributed by atoms with Crippen LogP contribution in [0.15, 0.2) is 24.4 Å². The van der Waals surface area contributed by atoms with Crippen molar-refractivity contribution in [3.63, 3.8) is 0 Å². The van der Waals surface area contributed by atoms with Gasteiger partial charge in [0.2, 0.25) is 5.91 Å². The molecular weight excluding hydrogens is 337 g/mol. The second kappa shape index (κ2) is 6.39. The van der Waals surface area contributed by atoms with Crippen LogP contribution in [0.4, 0.5) is 4.39 Å². The number of nitrogens with two attached hydrogens (primary N) is 1. The first kappa shape index (κ1) is 17.0. The van der Waals surface area contributed by atoms with E-state index in [1.165, 1.54) is 11.0 Å². The molecule has 7 heteroatoms. The van der Waals surface area contributed by atoms with E-state index in [1.54, 1.807) is 6.07 Å². The number of fused-ring (bicyclic) bond motifs is 1. The van der Waals surface area contributed by atoms with E-state index in [9.17, 15) is 14.0 Å². The molecule has 2 heterocycles. The van der Waals surface area contributed by atoms with Gasteiger partial charge in [0.05, 0.1) is 0 Å². The van der Waals surface area contributed by atoms with Gasteiger partial charge in [-0.15, -0.1) is 0 Å². The van der Waals surface area contributed by atoms with Crippen LogP contribution in [0, 0.1) is 5.82 Å². The number of carbonyl (C=O) groups is 2. The number of ether oxygens (including phenoxy) is 1. The number of halogens is 1. The molecule has 2 amide bonds. The van der Waals surface area contributed by atoms with Crippen molar-refractivity contribution in [2.45, 2.75) is 56.8 Å². The second-order valence-corrected chi connectivity index (χ2v) is 7.27. The summed E-state index contributed by atoms with van der Waals surface area (Å²) < 4.78 is 20.2. The van der Waals surface area contributed by atoms with Gasteiger partial charge in [-0.05, 0) is 49.8 Å². The highest BCUT2D eigenvalue weighted by atomic mass is 19.1. The molecule has 0 radical (unpaired) electrons. The van der Waals surface area contributed by atoms with Crippen LogP contribution >= 0.6 is 0 Å². The van der Waals surface area contributed by atoms with Crippen LogP contribution in [-0.2, 0) is 11.3 Å². The maximum atomic E-state index is 14.5. The lowest BCUT2D eigenvalue weighted by atomic mass is 10.0. The summed E-state index contributed by atoms with van der Waals surface area (Å²) in [5.41, 5.74) is 7.62. The van der Waals surface area contributed by atoms with E-state index in [2.05, 4.69) is 11.9 Å². The molecule has 0 spiro atoms. The highest BCUT2D eigenvalue weighted by Crippen LogP contribution is 2.34. The first-order valence-electron chi connectivity index (χ1n) is 8.98. The number of rotatable bonds is 3. The van der Waals surface area contributed by atoms with Crippen molar-refractivity contribution in [1.29, 1.82) is 0 Å². The van der Waals surface area contributed by atoms with Crippen LogP contribution in [0.25, 0.3) is 0 Å². The van der Waals surface area contributed by atoms with Crippen molar-refractivity contribution >= 4 is 11.8 Å². The van der Waals surface area contributed by atoms with Gasteiger partial charge >= 0.3 is 0 Å². The van der Waals surface area contributed by atoms with Gasteiger partial charge in [-0.1, -0.05) is 6.58 Å². The largest absolute Gasteiger partial charge is 0.486 e. The van der Waals surface area contributed by atoms with E-state index in [4.69, 9.17) is 10.5 Å². The summed E-state index contributed by atoms with van der Waals surface area (Å²) in [6.07, 6.45) is 3.57. The molecule has 2 fully saturated rings. The molecular formula is C19H22FN3O3. The summed E-state index contributed by atoms with van der Waals surface area (Å²) in [5, 5.41) is 2.69. The Labute approximate surface area is 151 Å². The third-order valence-corrected chi connectivity index (χ3v) is 5.47. The Morgan fingerprint density at radius 2 is 2.08 bits per heavy atom. The number of hydrogen-bond acceptors (Lipinski definition) is 4. The summed E-state index contributed by atoms with van der Waals surface area (Å²) in [6, 6.07) is 2.14. The first-order chi connectivity index (χ1) is 12.4. The molecule has 2 aliphatic heterocycles. The van der Waals surface area contributed by atoms with Crippen molar-refractivity contribution in [3.8, 4) is 5.75 Å². The van der Waals surface area contributed by atoms with E-state index in [-0.39, 0.29) is 36.3 Å². The molecule has 4 rings (SSSR count). The Hall–Kier alpha value is -2.41. The van der Waals surface area contributed by atoms with E-state index in [1.807, 2.05) is 0 Å². The lowest BCUT2D eigenvalue weighted by Gasteiger charge is -2.30. The number of piperidine rings is 1. The number of hydrogen-bond donors (Lipinski definition) is 2. The van der Waals surface area contributed by atoms with Gasteiger partial charge in [0.1, 0.15) is 12.1 Å². The lowest BCUT2D eigenvalue weighted by Crippen LogP contribution is -2.49. The Kier molecular flexibility index (Phi) is 4.19. The van der Waals surface area contributed by atoms with Crippen molar-refractivity contribution in [2.75, 3.05) is 0 Å². The van der Waals surface area contributed by atoms with E-state index in [0.29, 0.717) is 29.7 Å². The van der Waals surface area contributed by atoms with Gasteiger partial charge < -0.3 is 20.7 Å². The molecule has 138 valence electrons. The Balaban J connectivity index is 1.56. The van der Waals surface area contributed by atoms with Crippen LogP contribution < -0.4 is 15.8 Å². The average Bonchev–Trinajstić information content (AvgIpc) is 3.13. The van der Waals surface area contributed by atoms with Crippen molar-refractivity contribution in [1.82, 2.24) is 10.2 Å². The minimum Gasteiger partial charge on any atom is -0.486 e. The fraction of sp³-hybridized carbons (Fsp3) is 0.474. The van der Waals surface area contributed by atoms with Crippen LogP contribution in [0.3, 0.4) is 0 Å². The highest BCUT2D eigenvalue weighted by molar-refractivity contribution is 6.01. The zero-order valence-corrected chi connectivity index (χ0v) is 14.5. The summed E-state index contributed by atoms with van der Waals surface area (Å²) in [7, 11) is 0. The van der Waals surface area contributed by atoms with Crippen LogP contribution in [0.1, 0.15) is 48.0 Å². The van der Waals surface area contributed by atoms with Gasteiger partial charge in [0.25, 0.3) is 5.91 Å². The number of nitrogens with one attached hydrogen (secondary N) is 1. The quantitative estimate of drug-likeness (QED) is 0.862. The molecule has 1 saturated heterocycles. The third kappa shape index (κ3) is 2.86. The molecule has 6 nitrogen and oxygen atoms in total. The predicted octanol–water partition coefficient (Wildman–Crippen LogP) is 1.83. The molecule has 1 aromatic carbocycles. The van der Waals surface area contributed by atoms with Crippen LogP contribution in [0.5, 0.6) is 5.75 Å². The smallest absolute Gasteiger partial charge is 0.255 e. The second-order valence-electron chi connectivity index (χ2n) is 7.27. The summed E-state index contributed by atoms with van der Waals surface area (Å²) in [5.74, 6) is -1.01. The molecule has 1 aliphatic carbocycles. The molecule has 3 aliphatic rings. The Morgan fingerprint density at radius 1 is 1.27 bits per heavy atom. The summed E-state index contributed by atoms with van der Waals surface area (Å²) in [4.78, 5) is 26.4. The first-order valence-corrected chi connectivity index (χ1v) is 8.98. The number of benzene rings is 1. The van der Waals surface area contributed by atoms with Gasteiger partial charge in [-0.25, -0.2) is 4.39 Å². The minimum atomic E-state index is -0.570. The molecule has 1 aromatic rings. The Morgan fingerprint density at radius 3 is 2.77 bits per heavy atom. The summed E-state index contributed by atoms with van der Waals surface area (Å²) >= 11 is 0. The maximum absolute atomic E-state index is 14.5. The van der Waals surface area contributed by atoms with Gasteiger partial charge in [-0.2, -0.15) is 0 Å². The standard InChI is InChI=1S/C19H22FN3O3/c1-10-5-6-15(18(24)22-10)23-9-11-7-17(13(20)8-12(11)19(23)25)26-16-4-2-3-14(16)21/h7-8,14-16H,1-6,9,21H2,(H,22,24)/t14-,15?,16-/m0/s1. The van der Waals surface area contributed by atoms with Crippen LogP contribution in [0.2, 0.25) is 0 Å². The van der Waals surface area contributed by atoms with E-state index in [0.717, 1.165) is 19.3 Å². The fourth-order valence-electron chi connectivity index (χ4n) is 4.00. The average molecular weight is 359 g/mol. The topological polar surface area (TPSA) is 84.7 Å². The minimum absolute atomic E-state index is 0.0974. The van der Waals surface area contributed by atoms with Gasteiger partial charge in [-0.3, -0.25) is 9.59 Å². The van der Waals surface area contributed by atoms with Gasteiger partial charge in [0.15, 0.2) is 11.6 Å². The van der Waals surface area contributed by atoms with Crippen LogP contribution in [-0.4, -0.2) is 34.9 Å². The van der Waals surface area contributed by atoms with Gasteiger partial charge in [0, 0.05) is 23.8 Å². The zero-order chi connectivity index (χ0) is 18.4. The van der Waals surface area contributed by atoms with E-state index < -0.39 is 11.9 Å². The molecule has 3 atom stereocenters. The number of allylic oxidation sites excluding steroid dienone is 1. The highest BCUT2D eigenvalue weighted by Gasteiger charge is 2.39.